The van der Waals surface area contributed by atoms with Gasteiger partial charge in [-0.1, -0.05) is 34.1 Å². The molecule has 0 aliphatic carbocycles. The number of carbonyl (C=O) groups excluding carboxylic acids is 2. The van der Waals surface area contributed by atoms with Crippen LogP contribution >= 0.6 is 15.9 Å². The van der Waals surface area contributed by atoms with Crippen LogP contribution in [-0.2, 0) is 9.59 Å². The Balaban J connectivity index is 1.96. The van der Waals surface area contributed by atoms with Crippen LogP contribution in [0.15, 0.2) is 38.9 Å². The molecule has 1 atom stereocenters. The summed E-state index contributed by atoms with van der Waals surface area (Å²) in [6.07, 6.45) is 2.73. The summed E-state index contributed by atoms with van der Waals surface area (Å²) in [5.74, 6) is -1.89. The fourth-order valence-corrected chi connectivity index (χ4v) is 1.70. The highest BCUT2D eigenvalue weighted by Crippen LogP contribution is 2.13. The Morgan fingerprint density at radius 3 is 2.94 bits per heavy atom. The van der Waals surface area contributed by atoms with Gasteiger partial charge in [0.15, 0.2) is 5.92 Å². The van der Waals surface area contributed by atoms with Crippen LogP contribution in [0.3, 0.4) is 0 Å². The molecule has 0 fully saturated rings. The number of rotatable bonds is 3. The Hall–Kier alpha value is -2.02. The van der Waals surface area contributed by atoms with Gasteiger partial charge in [-0.05, 0) is 6.07 Å². The molecular weight excluding hydrogens is 300 g/mol. The molecule has 2 N–H and O–H groups in total. The third-order valence-electron chi connectivity index (χ3n) is 2.25. The predicted octanol–water partition coefficient (Wildman–Crippen LogP) is 0.631. The van der Waals surface area contributed by atoms with Gasteiger partial charge in [-0.2, -0.15) is 10.2 Å². The van der Waals surface area contributed by atoms with Crippen LogP contribution in [0, 0.1) is 5.92 Å². The lowest BCUT2D eigenvalue weighted by Gasteiger charge is -2.02. The number of hydrogen-bond donors (Lipinski definition) is 2. The smallest absolute Gasteiger partial charge is 0.258 e. The molecule has 6 nitrogen and oxygen atoms in total. The molecule has 2 rings (SSSR count). The van der Waals surface area contributed by atoms with Gasteiger partial charge in [-0.25, -0.2) is 10.9 Å². The number of hydrazone groups is 2. The third kappa shape index (κ3) is 2.80. The van der Waals surface area contributed by atoms with Crippen LogP contribution in [0.25, 0.3) is 0 Å². The first kappa shape index (κ1) is 12.4. The monoisotopic (exact) mass is 308 g/mol. The van der Waals surface area contributed by atoms with E-state index in [1.54, 1.807) is 0 Å². The third-order valence-corrected chi connectivity index (χ3v) is 2.97. The summed E-state index contributed by atoms with van der Waals surface area (Å²) in [7, 11) is 0. The molecule has 1 aromatic carbocycles. The van der Waals surface area contributed by atoms with Crippen molar-refractivity contribution in [2.24, 2.45) is 16.1 Å². The molecule has 0 saturated carbocycles. The molecule has 92 valence electrons. The Morgan fingerprint density at radius 2 is 2.28 bits per heavy atom. The number of nitrogens with one attached hydrogen (secondary N) is 2. The van der Waals surface area contributed by atoms with Crippen LogP contribution in [0.5, 0.6) is 0 Å². The number of benzene rings is 1. The van der Waals surface area contributed by atoms with Crippen molar-refractivity contribution in [1.29, 1.82) is 0 Å². The van der Waals surface area contributed by atoms with Crippen LogP contribution in [-0.4, -0.2) is 24.2 Å². The van der Waals surface area contributed by atoms with Gasteiger partial charge in [0.1, 0.15) is 0 Å². The highest BCUT2D eigenvalue weighted by atomic mass is 79.9. The van der Waals surface area contributed by atoms with E-state index in [4.69, 9.17) is 0 Å². The molecule has 0 saturated heterocycles. The first-order valence-corrected chi connectivity index (χ1v) is 5.88. The van der Waals surface area contributed by atoms with Gasteiger partial charge < -0.3 is 0 Å². The normalized spacial score (nSPS) is 18.1. The molecule has 0 unspecified atom stereocenters. The highest BCUT2D eigenvalue weighted by Gasteiger charge is 2.28. The highest BCUT2D eigenvalue weighted by molar-refractivity contribution is 9.10. The largest absolute Gasteiger partial charge is 0.272 e. The molecule has 1 heterocycles. The maximum atomic E-state index is 11.5. The Bertz CT molecular complexity index is 542. The minimum atomic E-state index is -0.915. The van der Waals surface area contributed by atoms with Crippen molar-refractivity contribution in [1.82, 2.24) is 10.9 Å². The number of amides is 2. The van der Waals surface area contributed by atoms with E-state index >= 15 is 0 Å². The predicted molar refractivity (Wildman–Crippen MR) is 70.0 cm³/mol. The second-order valence-electron chi connectivity index (χ2n) is 3.49. The molecule has 0 radical (unpaired) electrons. The van der Waals surface area contributed by atoms with E-state index in [-0.39, 0.29) is 0 Å². The van der Waals surface area contributed by atoms with Crippen molar-refractivity contribution in [2.45, 2.75) is 0 Å². The molecule has 1 aliphatic heterocycles. The zero-order valence-corrected chi connectivity index (χ0v) is 10.7. The van der Waals surface area contributed by atoms with Crippen molar-refractivity contribution in [2.75, 3.05) is 0 Å². The topological polar surface area (TPSA) is 82.9 Å². The van der Waals surface area contributed by atoms with Crippen LogP contribution in [0.1, 0.15) is 5.56 Å². The molecule has 2 amide bonds. The van der Waals surface area contributed by atoms with Gasteiger partial charge in [0.2, 0.25) is 0 Å². The summed E-state index contributed by atoms with van der Waals surface area (Å²) >= 11 is 3.35. The lowest BCUT2D eigenvalue weighted by molar-refractivity contribution is -0.131. The van der Waals surface area contributed by atoms with E-state index in [0.29, 0.717) is 0 Å². The Labute approximate surface area is 111 Å². The van der Waals surface area contributed by atoms with E-state index < -0.39 is 17.7 Å². The van der Waals surface area contributed by atoms with Crippen molar-refractivity contribution in [3.63, 3.8) is 0 Å². The van der Waals surface area contributed by atoms with Gasteiger partial charge in [0, 0.05) is 16.3 Å². The van der Waals surface area contributed by atoms with Crippen molar-refractivity contribution >= 4 is 40.2 Å². The summed E-state index contributed by atoms with van der Waals surface area (Å²) in [5, 5.41) is 7.29. The second kappa shape index (κ2) is 5.54. The fraction of sp³-hybridized carbons (Fsp3) is 0.0909. The number of halogens is 1. The van der Waals surface area contributed by atoms with Crippen molar-refractivity contribution in [3.8, 4) is 0 Å². The minimum Gasteiger partial charge on any atom is -0.272 e. The molecule has 1 aromatic rings. The SMILES string of the molecule is O=C1NN=C[C@@H]1C(=O)N/N=C\c1ccccc1Br. The van der Waals surface area contributed by atoms with E-state index in [0.717, 1.165) is 10.0 Å². The molecule has 0 bridgehead atoms. The summed E-state index contributed by atoms with van der Waals surface area (Å²) < 4.78 is 0.864. The number of carbonyl (C=O) groups is 2. The van der Waals surface area contributed by atoms with E-state index in [2.05, 4.69) is 37.0 Å². The maximum Gasteiger partial charge on any atom is 0.258 e. The summed E-state index contributed by atoms with van der Waals surface area (Å²) in [6.45, 7) is 0. The van der Waals surface area contributed by atoms with E-state index in [9.17, 15) is 9.59 Å². The van der Waals surface area contributed by atoms with Gasteiger partial charge in [0.05, 0.1) is 6.21 Å². The molecule has 7 heteroatoms. The lowest BCUT2D eigenvalue weighted by Crippen LogP contribution is -2.34. The standard InChI is InChI=1S/C11H9BrN4O2/c12-9-4-2-1-3-7(9)5-13-15-10(17)8-6-14-16-11(8)18/h1-6,8H,(H,15,17)(H,16,18)/b13-5-/t8-/m1/s1. The first-order chi connectivity index (χ1) is 8.68. The van der Waals surface area contributed by atoms with E-state index in [1.807, 2.05) is 24.3 Å². The van der Waals surface area contributed by atoms with Gasteiger partial charge in [-0.15, -0.1) is 0 Å². The Morgan fingerprint density at radius 1 is 1.50 bits per heavy atom. The van der Waals surface area contributed by atoms with Crippen molar-refractivity contribution < 1.29 is 9.59 Å². The van der Waals surface area contributed by atoms with Gasteiger partial charge in [-0.3, -0.25) is 9.59 Å². The average Bonchev–Trinajstić information content (AvgIpc) is 2.78. The van der Waals surface area contributed by atoms with Crippen LogP contribution < -0.4 is 10.9 Å². The molecule has 1 aliphatic rings. The number of nitrogens with zero attached hydrogens (tertiary/aromatic N) is 2. The van der Waals surface area contributed by atoms with Crippen molar-refractivity contribution in [3.05, 3.63) is 34.3 Å². The number of hydrogen-bond acceptors (Lipinski definition) is 4. The van der Waals surface area contributed by atoms with E-state index in [1.165, 1.54) is 12.4 Å². The molecular formula is C11H9BrN4O2. The quantitative estimate of drug-likeness (QED) is 0.488. The van der Waals surface area contributed by atoms with Crippen LogP contribution in [0.4, 0.5) is 0 Å². The summed E-state index contributed by atoms with van der Waals surface area (Å²) in [6, 6.07) is 7.42. The van der Waals surface area contributed by atoms with Crippen LogP contribution in [0.2, 0.25) is 0 Å². The lowest BCUT2D eigenvalue weighted by atomic mass is 10.1. The molecule has 18 heavy (non-hydrogen) atoms. The average molecular weight is 309 g/mol. The maximum absolute atomic E-state index is 11.5. The second-order valence-corrected chi connectivity index (χ2v) is 4.34. The zero-order chi connectivity index (χ0) is 13.0. The van der Waals surface area contributed by atoms with Gasteiger partial charge >= 0.3 is 0 Å². The minimum absolute atomic E-state index is 0.455. The van der Waals surface area contributed by atoms with Gasteiger partial charge in [0.25, 0.3) is 11.8 Å². The summed E-state index contributed by atoms with van der Waals surface area (Å²) in [5.41, 5.74) is 5.29. The Kier molecular flexibility index (Phi) is 3.83. The zero-order valence-electron chi connectivity index (χ0n) is 9.13. The molecule has 0 aromatic heterocycles. The fourth-order valence-electron chi connectivity index (χ4n) is 1.31. The first-order valence-electron chi connectivity index (χ1n) is 5.09. The summed E-state index contributed by atoms with van der Waals surface area (Å²) in [4.78, 5) is 22.7. The molecule has 0 spiro atoms.